The third-order valence-electron chi connectivity index (χ3n) is 8.52. The number of carbonyl (C=O) groups excluding carboxylic acids is 2. The number of fused-ring (bicyclic) bond motifs is 9. The van der Waals surface area contributed by atoms with Crippen molar-refractivity contribution >= 4 is 46.3 Å². The molecule has 7 unspecified atom stereocenters. The molecule has 188 valence electrons. The van der Waals surface area contributed by atoms with Gasteiger partial charge in [0.15, 0.2) is 0 Å². The second-order valence-electron chi connectivity index (χ2n) is 9.99. The number of nitrogens with one attached hydrogen (secondary N) is 1. The van der Waals surface area contributed by atoms with Crippen molar-refractivity contribution in [2.45, 2.75) is 22.6 Å². The maximum absolute atomic E-state index is 13.8. The third-order valence-corrected chi connectivity index (χ3v) is 11.1. The second kappa shape index (κ2) is 8.03. The number of benzene rings is 2. The Morgan fingerprint density at radius 3 is 2.43 bits per heavy atom. The Kier molecular flexibility index (Phi) is 4.93. The quantitative estimate of drug-likeness (QED) is 0.304. The first-order valence-corrected chi connectivity index (χ1v) is 13.7. The Bertz CT molecular complexity index is 1530. The topological polar surface area (TPSA) is 123 Å². The molecule has 2 amide bonds. The van der Waals surface area contributed by atoms with Gasteiger partial charge in [-0.05, 0) is 42.4 Å². The van der Waals surface area contributed by atoms with Crippen LogP contribution < -0.4 is 14.5 Å². The first-order chi connectivity index (χ1) is 17.9. The van der Waals surface area contributed by atoms with E-state index in [4.69, 9.17) is 4.74 Å². The van der Waals surface area contributed by atoms with Crippen LogP contribution in [0.15, 0.2) is 58.4 Å². The van der Waals surface area contributed by atoms with Crippen LogP contribution in [0, 0.1) is 39.7 Å². The minimum atomic E-state index is -0.505. The zero-order valence-corrected chi connectivity index (χ0v) is 21.2. The van der Waals surface area contributed by atoms with Crippen molar-refractivity contribution < 1.29 is 19.2 Å². The summed E-state index contributed by atoms with van der Waals surface area (Å²) < 4.78 is 5.71. The average Bonchev–Trinajstić information content (AvgIpc) is 3.63. The summed E-state index contributed by atoms with van der Waals surface area (Å²) in [6.07, 6.45) is 0.786. The second-order valence-corrected chi connectivity index (χ2v) is 12.2. The number of imide groups is 1. The summed E-state index contributed by atoms with van der Waals surface area (Å²) in [6.45, 7) is 0. The summed E-state index contributed by atoms with van der Waals surface area (Å²) in [4.78, 5) is 55.5. The van der Waals surface area contributed by atoms with E-state index < -0.39 is 16.8 Å². The summed E-state index contributed by atoms with van der Waals surface area (Å²) >= 11 is 2.85. The van der Waals surface area contributed by atoms with Gasteiger partial charge in [0.2, 0.25) is 11.8 Å². The van der Waals surface area contributed by atoms with E-state index in [1.54, 1.807) is 18.9 Å². The van der Waals surface area contributed by atoms with Gasteiger partial charge in [0.05, 0.1) is 34.6 Å². The van der Waals surface area contributed by atoms with Crippen molar-refractivity contribution in [2.24, 2.45) is 29.6 Å². The first-order valence-electron chi connectivity index (χ1n) is 12.0. The van der Waals surface area contributed by atoms with Gasteiger partial charge in [-0.1, -0.05) is 29.5 Å². The Hall–Kier alpha value is -3.44. The van der Waals surface area contributed by atoms with Crippen molar-refractivity contribution in [1.82, 2.24) is 4.98 Å². The Morgan fingerprint density at radius 2 is 1.73 bits per heavy atom. The minimum Gasteiger partial charge on any atom is -0.496 e. The number of thiazole rings is 1. The number of aromatic nitrogens is 1. The van der Waals surface area contributed by atoms with Crippen LogP contribution in [-0.4, -0.2) is 34.1 Å². The highest BCUT2D eigenvalue weighted by molar-refractivity contribution is 8.00. The lowest BCUT2D eigenvalue weighted by Crippen LogP contribution is -2.42. The first kappa shape index (κ1) is 22.7. The summed E-state index contributed by atoms with van der Waals surface area (Å²) in [6, 6.07) is 13.4. The number of methoxy groups -OCH3 is 1. The van der Waals surface area contributed by atoms with E-state index in [-0.39, 0.29) is 51.3 Å². The molecule has 37 heavy (non-hydrogen) atoms. The number of hydrogen-bond donors (Lipinski definition) is 1. The van der Waals surface area contributed by atoms with Crippen LogP contribution >= 0.6 is 23.1 Å². The predicted molar refractivity (Wildman–Crippen MR) is 137 cm³/mol. The lowest BCUT2D eigenvalue weighted by atomic mass is 9.68. The van der Waals surface area contributed by atoms with Gasteiger partial charge in [-0.25, -0.2) is 0 Å². The Morgan fingerprint density at radius 1 is 1.03 bits per heavy atom. The smallest absolute Gasteiger partial charge is 0.305 e. The molecule has 7 rings (SSSR count). The predicted octanol–water partition coefficient (Wildman–Crippen LogP) is 4.03. The molecular weight excluding hydrogens is 514 g/mol. The molecule has 2 aliphatic heterocycles. The van der Waals surface area contributed by atoms with E-state index in [2.05, 4.69) is 4.98 Å². The number of thioether (sulfide) groups is 1. The van der Waals surface area contributed by atoms with E-state index >= 15 is 0 Å². The largest absolute Gasteiger partial charge is 0.496 e. The van der Waals surface area contributed by atoms with Gasteiger partial charge in [-0.3, -0.25) is 29.4 Å². The fraction of sp³-hybridized carbons (Fsp3) is 0.346. The molecule has 3 fully saturated rings. The van der Waals surface area contributed by atoms with E-state index in [0.29, 0.717) is 5.69 Å². The summed E-state index contributed by atoms with van der Waals surface area (Å²) in [7, 11) is 1.63. The van der Waals surface area contributed by atoms with E-state index in [9.17, 15) is 24.5 Å². The number of rotatable bonds is 4. The summed E-state index contributed by atoms with van der Waals surface area (Å²) in [5.41, 5.74) is 1.27. The number of amides is 2. The zero-order chi connectivity index (χ0) is 25.6. The summed E-state index contributed by atoms with van der Waals surface area (Å²) in [5, 5.41) is 12.0. The fourth-order valence-electron chi connectivity index (χ4n) is 7.27. The van der Waals surface area contributed by atoms with Gasteiger partial charge in [0.25, 0.3) is 5.69 Å². The van der Waals surface area contributed by atoms with E-state index in [0.717, 1.165) is 27.6 Å². The van der Waals surface area contributed by atoms with Gasteiger partial charge in [-0.15, -0.1) is 11.8 Å². The molecule has 1 aromatic heterocycles. The van der Waals surface area contributed by atoms with Crippen LogP contribution in [0.25, 0.3) is 0 Å². The molecule has 9 nitrogen and oxygen atoms in total. The number of ether oxygens (including phenoxy) is 1. The van der Waals surface area contributed by atoms with Crippen molar-refractivity contribution in [2.75, 3.05) is 12.0 Å². The molecule has 1 N–H and O–H groups in total. The SMILES string of the molecule is COc1ccccc1C1c2sc(=O)[nH]c2SC2C3CC(C4C(=O)N(c5ccc([N+](=O)[O-])cc5)C(=O)C34)C12. The van der Waals surface area contributed by atoms with Gasteiger partial charge < -0.3 is 9.72 Å². The van der Waals surface area contributed by atoms with Gasteiger partial charge >= 0.3 is 4.87 Å². The highest BCUT2D eigenvalue weighted by atomic mass is 32.2. The average molecular weight is 536 g/mol. The highest BCUT2D eigenvalue weighted by Gasteiger charge is 2.69. The number of nitro groups is 1. The maximum Gasteiger partial charge on any atom is 0.305 e. The molecule has 3 aromatic rings. The molecule has 1 saturated heterocycles. The number of non-ortho nitro benzene ring substituents is 1. The van der Waals surface area contributed by atoms with Crippen LogP contribution in [0.2, 0.25) is 0 Å². The highest BCUT2D eigenvalue weighted by Crippen LogP contribution is 2.69. The number of hydrogen-bond acceptors (Lipinski definition) is 8. The van der Waals surface area contributed by atoms with Crippen LogP contribution in [0.1, 0.15) is 22.8 Å². The molecule has 2 aromatic carbocycles. The summed E-state index contributed by atoms with van der Waals surface area (Å²) in [5.74, 6) is -0.652. The minimum absolute atomic E-state index is 0.00161. The maximum atomic E-state index is 13.8. The van der Waals surface area contributed by atoms with Crippen LogP contribution in [-0.2, 0) is 9.59 Å². The Balaban J connectivity index is 1.31. The van der Waals surface area contributed by atoms with Crippen molar-refractivity contribution in [1.29, 1.82) is 0 Å². The van der Waals surface area contributed by atoms with Gasteiger partial charge in [0, 0.05) is 33.7 Å². The van der Waals surface area contributed by atoms with Crippen molar-refractivity contribution in [3.63, 3.8) is 0 Å². The third kappa shape index (κ3) is 3.07. The molecule has 0 spiro atoms. The number of carbonyl (C=O) groups is 2. The lowest BCUT2D eigenvalue weighted by Gasteiger charge is -2.43. The van der Waals surface area contributed by atoms with Gasteiger partial charge in [0.1, 0.15) is 5.75 Å². The molecule has 2 saturated carbocycles. The number of nitrogens with zero attached hydrogens (tertiary/aromatic N) is 2. The zero-order valence-electron chi connectivity index (χ0n) is 19.5. The molecule has 2 bridgehead atoms. The van der Waals surface area contributed by atoms with Crippen LogP contribution in [0.5, 0.6) is 5.75 Å². The fourth-order valence-corrected chi connectivity index (χ4v) is 10.1. The lowest BCUT2D eigenvalue weighted by molar-refractivity contribution is -0.384. The molecule has 3 heterocycles. The molecule has 4 aliphatic rings. The van der Waals surface area contributed by atoms with Crippen molar-refractivity contribution in [3.8, 4) is 5.75 Å². The molecular formula is C26H21N3O6S2. The van der Waals surface area contributed by atoms with E-state index in [1.165, 1.54) is 40.5 Å². The Labute approximate surface area is 219 Å². The molecule has 2 aliphatic carbocycles. The van der Waals surface area contributed by atoms with Crippen LogP contribution in [0.4, 0.5) is 11.4 Å². The normalized spacial score (nSPS) is 31.3. The van der Waals surface area contributed by atoms with E-state index in [1.807, 2.05) is 24.3 Å². The van der Waals surface area contributed by atoms with Crippen LogP contribution in [0.3, 0.4) is 0 Å². The molecule has 0 radical (unpaired) electrons. The number of aromatic amines is 1. The monoisotopic (exact) mass is 535 g/mol. The molecule has 11 heteroatoms. The number of H-pyrrole nitrogens is 1. The number of anilines is 1. The molecule has 7 atom stereocenters. The van der Waals surface area contributed by atoms with Gasteiger partial charge in [-0.2, -0.15) is 0 Å². The standard InChI is InChI=1S/C26H21N3O6S2/c1-35-16-5-3-2-4-13(16)17-18-14-10-15(21(18)36-23-22(17)37-26(32)27-23)20-19(14)24(30)28(25(20)31)11-6-8-12(9-7-11)29(33)34/h2-9,14-15,17-21H,10H2,1H3,(H,27,32). The number of para-hydroxylation sites is 1. The number of nitro benzene ring substituents is 1. The van der Waals surface area contributed by atoms with Crippen molar-refractivity contribution in [3.05, 3.63) is 78.8 Å².